The fourth-order valence-electron chi connectivity index (χ4n) is 3.48. The first-order valence-corrected chi connectivity index (χ1v) is 7.45. The van der Waals surface area contributed by atoms with Crippen molar-refractivity contribution in [2.75, 3.05) is 32.8 Å². The Labute approximate surface area is 128 Å². The van der Waals surface area contributed by atoms with Gasteiger partial charge in [-0.3, -0.25) is 4.90 Å². The van der Waals surface area contributed by atoms with Crippen LogP contribution in [0.4, 0.5) is 0 Å². The van der Waals surface area contributed by atoms with Gasteiger partial charge >= 0.3 is 0 Å². The number of hydrogen-bond donors (Lipinski definition) is 1. The zero-order chi connectivity index (χ0) is 13.1. The third-order valence-corrected chi connectivity index (χ3v) is 4.52. The highest BCUT2D eigenvalue weighted by Gasteiger charge is 2.40. The van der Waals surface area contributed by atoms with Gasteiger partial charge in [0.25, 0.3) is 0 Å². The summed E-state index contributed by atoms with van der Waals surface area (Å²) in [5.74, 6) is 1.05. The van der Waals surface area contributed by atoms with E-state index in [0.717, 1.165) is 18.9 Å². The van der Waals surface area contributed by atoms with Crippen molar-refractivity contribution in [3.05, 3.63) is 29.8 Å². The lowest BCUT2D eigenvalue weighted by Crippen LogP contribution is -2.29. The Kier molecular flexibility index (Phi) is 5.30. The maximum Gasteiger partial charge on any atom is 0.123 e. The molecule has 1 N–H and O–H groups in total. The van der Waals surface area contributed by atoms with Crippen molar-refractivity contribution in [2.45, 2.75) is 26.3 Å². The number of rotatable bonds is 4. The van der Waals surface area contributed by atoms with Crippen molar-refractivity contribution in [3.8, 4) is 5.75 Å². The molecule has 2 fully saturated rings. The molecule has 2 aliphatic heterocycles. The molecule has 3 rings (SSSR count). The Morgan fingerprint density at radius 3 is 2.90 bits per heavy atom. The minimum Gasteiger partial charge on any atom is -0.494 e. The van der Waals surface area contributed by atoms with Gasteiger partial charge in [0.15, 0.2) is 0 Å². The number of para-hydroxylation sites is 1. The van der Waals surface area contributed by atoms with Crippen molar-refractivity contribution >= 4 is 12.4 Å². The van der Waals surface area contributed by atoms with Crippen LogP contribution in [0.25, 0.3) is 0 Å². The number of nitrogens with zero attached hydrogens (tertiary/aromatic N) is 1. The molecular formula is C16H25ClN2O. The molecule has 20 heavy (non-hydrogen) atoms. The summed E-state index contributed by atoms with van der Waals surface area (Å²) in [7, 11) is 0. The van der Waals surface area contributed by atoms with Crippen molar-refractivity contribution in [1.82, 2.24) is 10.2 Å². The molecule has 1 atom stereocenters. The second kappa shape index (κ2) is 6.79. The maximum atomic E-state index is 5.73. The molecule has 1 aromatic carbocycles. The number of benzene rings is 1. The van der Waals surface area contributed by atoms with E-state index in [1.54, 1.807) is 0 Å². The average Bonchev–Trinajstić information content (AvgIpc) is 3.03. The van der Waals surface area contributed by atoms with Gasteiger partial charge in [-0.25, -0.2) is 0 Å². The molecule has 1 unspecified atom stereocenters. The lowest BCUT2D eigenvalue weighted by Gasteiger charge is -2.23. The number of halogens is 1. The van der Waals surface area contributed by atoms with Crippen molar-refractivity contribution < 1.29 is 4.74 Å². The van der Waals surface area contributed by atoms with E-state index in [2.05, 4.69) is 34.5 Å². The highest BCUT2D eigenvalue weighted by Crippen LogP contribution is 2.37. The predicted octanol–water partition coefficient (Wildman–Crippen LogP) is 2.69. The third kappa shape index (κ3) is 3.27. The number of likely N-dealkylation sites (tertiary alicyclic amines) is 1. The minimum absolute atomic E-state index is 0. The Hall–Kier alpha value is -0.770. The van der Waals surface area contributed by atoms with Gasteiger partial charge in [-0.2, -0.15) is 0 Å². The molecule has 0 saturated carbocycles. The quantitative estimate of drug-likeness (QED) is 0.924. The van der Waals surface area contributed by atoms with Gasteiger partial charge in [-0.05, 0) is 44.3 Å². The summed E-state index contributed by atoms with van der Waals surface area (Å²) < 4.78 is 5.73. The van der Waals surface area contributed by atoms with E-state index in [0.29, 0.717) is 5.41 Å². The molecule has 0 aliphatic carbocycles. The molecule has 0 aromatic heterocycles. The molecule has 0 bridgehead atoms. The minimum atomic E-state index is 0. The first-order valence-electron chi connectivity index (χ1n) is 7.45. The van der Waals surface area contributed by atoms with Gasteiger partial charge < -0.3 is 10.1 Å². The maximum absolute atomic E-state index is 5.73. The van der Waals surface area contributed by atoms with Gasteiger partial charge in [0.2, 0.25) is 0 Å². The van der Waals surface area contributed by atoms with Crippen molar-refractivity contribution in [3.63, 3.8) is 0 Å². The van der Waals surface area contributed by atoms with Gasteiger partial charge in [-0.15, -0.1) is 12.4 Å². The Morgan fingerprint density at radius 2 is 2.15 bits per heavy atom. The van der Waals surface area contributed by atoms with Gasteiger partial charge in [-0.1, -0.05) is 18.2 Å². The second-order valence-corrected chi connectivity index (χ2v) is 5.93. The fraction of sp³-hybridized carbons (Fsp3) is 0.625. The van der Waals surface area contributed by atoms with Gasteiger partial charge in [0, 0.05) is 25.2 Å². The largest absolute Gasteiger partial charge is 0.494 e. The lowest BCUT2D eigenvalue weighted by molar-refractivity contribution is 0.262. The molecule has 0 radical (unpaired) electrons. The summed E-state index contributed by atoms with van der Waals surface area (Å²) in [6, 6.07) is 8.45. The standard InChI is InChI=1S/C16H24N2O.ClH/c1-2-19-15-6-4-3-5-14(15)11-18-10-8-16(13-18)7-9-17-12-16;/h3-6,17H,2,7-13H2,1H3;1H. The number of hydrogen-bond acceptors (Lipinski definition) is 3. The summed E-state index contributed by atoms with van der Waals surface area (Å²) in [5, 5.41) is 3.52. The topological polar surface area (TPSA) is 24.5 Å². The van der Waals surface area contributed by atoms with Crippen LogP contribution in [-0.4, -0.2) is 37.7 Å². The SMILES string of the molecule is CCOc1ccccc1CN1CCC2(CCNC2)C1.Cl. The second-order valence-electron chi connectivity index (χ2n) is 5.93. The predicted molar refractivity (Wildman–Crippen MR) is 84.7 cm³/mol. The molecule has 1 aromatic rings. The molecule has 2 heterocycles. The Morgan fingerprint density at radius 1 is 1.30 bits per heavy atom. The Bertz CT molecular complexity index is 432. The van der Waals surface area contributed by atoms with E-state index in [1.165, 1.54) is 44.6 Å². The van der Waals surface area contributed by atoms with Crippen LogP contribution in [0.5, 0.6) is 5.75 Å². The van der Waals surface area contributed by atoms with Crippen LogP contribution in [0.15, 0.2) is 24.3 Å². The van der Waals surface area contributed by atoms with Crippen LogP contribution in [0, 0.1) is 5.41 Å². The molecule has 2 aliphatic rings. The van der Waals surface area contributed by atoms with Crippen LogP contribution >= 0.6 is 12.4 Å². The third-order valence-electron chi connectivity index (χ3n) is 4.52. The van der Waals surface area contributed by atoms with Crippen LogP contribution < -0.4 is 10.1 Å². The van der Waals surface area contributed by atoms with E-state index >= 15 is 0 Å². The fourth-order valence-corrected chi connectivity index (χ4v) is 3.48. The molecule has 112 valence electrons. The van der Waals surface area contributed by atoms with Crippen LogP contribution in [0.1, 0.15) is 25.3 Å². The molecule has 3 nitrogen and oxygen atoms in total. The molecule has 0 amide bonds. The summed E-state index contributed by atoms with van der Waals surface area (Å²) in [5.41, 5.74) is 1.88. The molecular weight excluding hydrogens is 272 g/mol. The molecule has 2 saturated heterocycles. The number of nitrogens with one attached hydrogen (secondary N) is 1. The van der Waals surface area contributed by atoms with Crippen LogP contribution in [0.3, 0.4) is 0 Å². The normalized spacial score (nSPS) is 25.9. The van der Waals surface area contributed by atoms with E-state index in [-0.39, 0.29) is 12.4 Å². The monoisotopic (exact) mass is 296 g/mol. The summed E-state index contributed by atoms with van der Waals surface area (Å²) in [6.07, 6.45) is 2.69. The zero-order valence-corrected chi connectivity index (χ0v) is 13.0. The van der Waals surface area contributed by atoms with Crippen molar-refractivity contribution in [2.24, 2.45) is 5.41 Å². The highest BCUT2D eigenvalue weighted by atomic mass is 35.5. The van der Waals surface area contributed by atoms with Gasteiger partial charge in [0.1, 0.15) is 5.75 Å². The number of ether oxygens (including phenoxy) is 1. The summed E-state index contributed by atoms with van der Waals surface area (Å²) >= 11 is 0. The van der Waals surface area contributed by atoms with Crippen molar-refractivity contribution in [1.29, 1.82) is 0 Å². The Balaban J connectivity index is 0.00000147. The average molecular weight is 297 g/mol. The van der Waals surface area contributed by atoms with Crippen LogP contribution in [-0.2, 0) is 6.54 Å². The van der Waals surface area contributed by atoms with E-state index in [4.69, 9.17) is 4.74 Å². The summed E-state index contributed by atoms with van der Waals surface area (Å²) in [6.45, 7) is 8.68. The zero-order valence-electron chi connectivity index (χ0n) is 12.2. The highest BCUT2D eigenvalue weighted by molar-refractivity contribution is 5.85. The smallest absolute Gasteiger partial charge is 0.123 e. The molecule has 1 spiro atoms. The first-order chi connectivity index (χ1) is 9.31. The van der Waals surface area contributed by atoms with Crippen LogP contribution in [0.2, 0.25) is 0 Å². The molecule has 4 heteroatoms. The van der Waals surface area contributed by atoms with Gasteiger partial charge in [0.05, 0.1) is 6.61 Å². The lowest BCUT2D eigenvalue weighted by atomic mass is 9.86. The van der Waals surface area contributed by atoms with E-state index in [9.17, 15) is 0 Å². The first kappa shape index (κ1) is 15.6. The van der Waals surface area contributed by atoms with E-state index < -0.39 is 0 Å². The summed E-state index contributed by atoms with van der Waals surface area (Å²) in [4.78, 5) is 2.59. The van der Waals surface area contributed by atoms with E-state index in [1.807, 2.05) is 6.92 Å².